The van der Waals surface area contributed by atoms with Crippen molar-refractivity contribution in [3.05, 3.63) is 0 Å². The van der Waals surface area contributed by atoms with Crippen molar-refractivity contribution in [1.82, 2.24) is 4.37 Å². The second kappa shape index (κ2) is 5.64. The Morgan fingerprint density at radius 3 is 2.83 bits per heavy atom. The first-order valence-corrected chi connectivity index (χ1v) is 7.86. The van der Waals surface area contributed by atoms with E-state index in [4.69, 9.17) is 10.5 Å². The number of hydrogen-bond acceptors (Lipinski definition) is 7. The third-order valence-electron chi connectivity index (χ3n) is 3.16. The molecule has 3 N–H and O–H groups in total. The van der Waals surface area contributed by atoms with Gasteiger partial charge in [0.2, 0.25) is 0 Å². The monoisotopic (exact) mass is 289 g/mol. The SMILES string of the molecule is CSc1c(N)nsc1N(C)CC1(O)CCOCC1. The van der Waals surface area contributed by atoms with Gasteiger partial charge in [0.1, 0.15) is 5.00 Å². The fourth-order valence-corrected chi connectivity index (χ4v) is 3.81. The summed E-state index contributed by atoms with van der Waals surface area (Å²) < 4.78 is 9.46. The third-order valence-corrected chi connectivity index (χ3v) is 5.08. The van der Waals surface area contributed by atoms with Crippen molar-refractivity contribution in [2.75, 3.05) is 43.7 Å². The Hall–Kier alpha value is -0.500. The van der Waals surface area contributed by atoms with Crippen LogP contribution in [0.4, 0.5) is 10.8 Å². The molecule has 0 atom stereocenters. The molecule has 0 amide bonds. The zero-order valence-corrected chi connectivity index (χ0v) is 12.3. The lowest BCUT2D eigenvalue weighted by Crippen LogP contribution is -2.45. The number of likely N-dealkylation sites (N-methyl/N-ethyl adjacent to an activating group) is 1. The molecule has 0 saturated carbocycles. The van der Waals surface area contributed by atoms with Gasteiger partial charge in [-0.05, 0) is 17.8 Å². The van der Waals surface area contributed by atoms with Gasteiger partial charge in [0, 0.05) is 39.6 Å². The Balaban J connectivity index is 2.08. The second-order valence-electron chi connectivity index (χ2n) is 4.60. The molecular weight excluding hydrogens is 270 g/mol. The van der Waals surface area contributed by atoms with E-state index in [0.717, 1.165) is 9.90 Å². The molecule has 0 aliphatic carbocycles. The minimum atomic E-state index is -0.665. The van der Waals surface area contributed by atoms with Gasteiger partial charge in [-0.25, -0.2) is 0 Å². The smallest absolute Gasteiger partial charge is 0.153 e. The van der Waals surface area contributed by atoms with E-state index in [1.165, 1.54) is 11.5 Å². The van der Waals surface area contributed by atoms with Crippen LogP contribution in [0.5, 0.6) is 0 Å². The van der Waals surface area contributed by atoms with Gasteiger partial charge >= 0.3 is 0 Å². The van der Waals surface area contributed by atoms with Gasteiger partial charge in [-0.2, -0.15) is 4.37 Å². The number of rotatable bonds is 4. The molecule has 0 radical (unpaired) electrons. The highest BCUT2D eigenvalue weighted by Crippen LogP contribution is 2.38. The maximum Gasteiger partial charge on any atom is 0.153 e. The molecule has 1 aliphatic rings. The Kier molecular flexibility index (Phi) is 4.37. The van der Waals surface area contributed by atoms with Crippen LogP contribution in [0.25, 0.3) is 0 Å². The van der Waals surface area contributed by atoms with Crippen molar-refractivity contribution in [2.24, 2.45) is 0 Å². The van der Waals surface area contributed by atoms with Crippen LogP contribution in [0.15, 0.2) is 4.90 Å². The normalized spacial score (nSPS) is 18.8. The van der Waals surface area contributed by atoms with E-state index in [1.54, 1.807) is 11.8 Å². The summed E-state index contributed by atoms with van der Waals surface area (Å²) in [5.74, 6) is 0.577. The number of nitrogens with zero attached hydrogens (tertiary/aromatic N) is 2. The van der Waals surface area contributed by atoms with Crippen LogP contribution in [0.3, 0.4) is 0 Å². The lowest BCUT2D eigenvalue weighted by molar-refractivity contribution is -0.0572. The van der Waals surface area contributed by atoms with Gasteiger partial charge in [-0.15, -0.1) is 11.8 Å². The van der Waals surface area contributed by atoms with Crippen molar-refractivity contribution in [2.45, 2.75) is 23.3 Å². The maximum atomic E-state index is 10.5. The summed E-state index contributed by atoms with van der Waals surface area (Å²) >= 11 is 2.98. The number of hydrogen-bond donors (Lipinski definition) is 2. The number of thioether (sulfide) groups is 1. The van der Waals surface area contributed by atoms with Crippen LogP contribution in [-0.4, -0.2) is 48.1 Å². The Labute approximate surface area is 115 Å². The summed E-state index contributed by atoms with van der Waals surface area (Å²) in [6.45, 7) is 1.85. The first-order valence-electron chi connectivity index (χ1n) is 5.86. The summed E-state index contributed by atoms with van der Waals surface area (Å²) in [5.41, 5.74) is 5.16. The minimum Gasteiger partial charge on any atom is -0.388 e. The molecule has 0 aromatic carbocycles. The van der Waals surface area contributed by atoms with Crippen LogP contribution in [0.1, 0.15) is 12.8 Å². The van der Waals surface area contributed by atoms with E-state index in [0.29, 0.717) is 38.4 Å². The molecule has 1 aliphatic heterocycles. The Morgan fingerprint density at radius 1 is 1.56 bits per heavy atom. The fraction of sp³-hybridized carbons (Fsp3) is 0.727. The zero-order chi connectivity index (χ0) is 13.2. The second-order valence-corrected chi connectivity index (χ2v) is 6.17. The standard InChI is InChI=1S/C11H19N3O2S2/c1-14(7-11(15)3-5-16-6-4-11)10-8(17-2)9(12)13-18-10/h15H,3-7H2,1-2H3,(H2,12,13). The fourth-order valence-electron chi connectivity index (χ4n) is 2.14. The zero-order valence-electron chi connectivity index (χ0n) is 10.7. The van der Waals surface area contributed by atoms with Crippen molar-refractivity contribution < 1.29 is 9.84 Å². The molecule has 18 heavy (non-hydrogen) atoms. The average molecular weight is 289 g/mol. The van der Waals surface area contributed by atoms with Gasteiger partial charge in [-0.1, -0.05) is 0 Å². The Morgan fingerprint density at radius 2 is 2.22 bits per heavy atom. The van der Waals surface area contributed by atoms with Crippen LogP contribution >= 0.6 is 23.3 Å². The maximum absolute atomic E-state index is 10.5. The highest BCUT2D eigenvalue weighted by Gasteiger charge is 2.32. The van der Waals surface area contributed by atoms with E-state index < -0.39 is 5.60 Å². The summed E-state index contributed by atoms with van der Waals surface area (Å²) in [6, 6.07) is 0. The number of aromatic nitrogens is 1. The van der Waals surface area contributed by atoms with Crippen LogP contribution in [0, 0.1) is 0 Å². The predicted octanol–water partition coefficient (Wildman–Crippen LogP) is 1.42. The van der Waals surface area contributed by atoms with Crippen molar-refractivity contribution in [1.29, 1.82) is 0 Å². The first-order chi connectivity index (χ1) is 8.56. The molecule has 1 fully saturated rings. The predicted molar refractivity (Wildman–Crippen MR) is 76.6 cm³/mol. The van der Waals surface area contributed by atoms with Gasteiger partial charge in [0.05, 0.1) is 10.5 Å². The number of aliphatic hydroxyl groups is 1. The Bertz CT molecular complexity index is 405. The van der Waals surface area contributed by atoms with Gasteiger partial charge in [-0.3, -0.25) is 0 Å². The highest BCUT2D eigenvalue weighted by molar-refractivity contribution is 7.99. The van der Waals surface area contributed by atoms with Crippen molar-refractivity contribution in [3.63, 3.8) is 0 Å². The van der Waals surface area contributed by atoms with Crippen LogP contribution in [0.2, 0.25) is 0 Å². The number of nitrogen functional groups attached to an aromatic ring is 1. The van der Waals surface area contributed by atoms with E-state index >= 15 is 0 Å². The average Bonchev–Trinajstić information content (AvgIpc) is 2.70. The third kappa shape index (κ3) is 2.90. The number of nitrogens with two attached hydrogens (primary N) is 1. The summed E-state index contributed by atoms with van der Waals surface area (Å²) in [5, 5.41) is 11.5. The lowest BCUT2D eigenvalue weighted by Gasteiger charge is -2.35. The molecular formula is C11H19N3O2S2. The van der Waals surface area contributed by atoms with E-state index in [9.17, 15) is 5.11 Å². The van der Waals surface area contributed by atoms with Crippen molar-refractivity contribution in [3.8, 4) is 0 Å². The number of anilines is 2. The van der Waals surface area contributed by atoms with E-state index in [1.807, 2.05) is 18.2 Å². The molecule has 102 valence electrons. The topological polar surface area (TPSA) is 71.6 Å². The molecule has 0 spiro atoms. The molecule has 2 heterocycles. The summed E-state index contributed by atoms with van der Waals surface area (Å²) in [7, 11) is 1.97. The quantitative estimate of drug-likeness (QED) is 0.817. The first kappa shape index (κ1) is 13.9. The summed E-state index contributed by atoms with van der Waals surface area (Å²) in [4.78, 5) is 3.05. The van der Waals surface area contributed by atoms with Crippen LogP contribution < -0.4 is 10.6 Å². The van der Waals surface area contributed by atoms with Gasteiger partial charge in [0.25, 0.3) is 0 Å². The van der Waals surface area contributed by atoms with E-state index in [-0.39, 0.29) is 0 Å². The van der Waals surface area contributed by atoms with Crippen molar-refractivity contribution >= 4 is 34.1 Å². The molecule has 0 bridgehead atoms. The van der Waals surface area contributed by atoms with Gasteiger partial charge < -0.3 is 20.5 Å². The largest absolute Gasteiger partial charge is 0.388 e. The van der Waals surface area contributed by atoms with Crippen LogP contribution in [-0.2, 0) is 4.74 Å². The highest BCUT2D eigenvalue weighted by atomic mass is 32.2. The molecule has 1 aromatic rings. The molecule has 5 nitrogen and oxygen atoms in total. The minimum absolute atomic E-state index is 0.577. The molecule has 2 rings (SSSR count). The molecule has 1 aromatic heterocycles. The van der Waals surface area contributed by atoms with Gasteiger partial charge in [0.15, 0.2) is 5.82 Å². The van der Waals surface area contributed by atoms with E-state index in [2.05, 4.69) is 4.37 Å². The lowest BCUT2D eigenvalue weighted by atomic mass is 9.94. The molecule has 0 unspecified atom stereocenters. The molecule has 1 saturated heterocycles. The summed E-state index contributed by atoms with van der Waals surface area (Å²) in [6.07, 6.45) is 3.35. The molecule has 7 heteroatoms. The number of ether oxygens (including phenoxy) is 1.